The van der Waals surface area contributed by atoms with E-state index in [9.17, 15) is 0 Å². The Hall–Kier alpha value is 0.374. The van der Waals surface area contributed by atoms with Crippen molar-refractivity contribution in [2.75, 3.05) is 0 Å². The van der Waals surface area contributed by atoms with Crippen LogP contribution in [0.4, 0.5) is 0 Å². The lowest BCUT2D eigenvalue weighted by atomic mass is 10.3. The van der Waals surface area contributed by atoms with Crippen LogP contribution < -0.4 is 0 Å². The molecule has 1 rings (SSSR count). The second-order valence-electron chi connectivity index (χ2n) is 1.98. The van der Waals surface area contributed by atoms with Crippen LogP contribution in [0.15, 0.2) is 27.1 Å². The van der Waals surface area contributed by atoms with E-state index in [1.54, 1.807) is 12.1 Å². The van der Waals surface area contributed by atoms with Crippen LogP contribution in [0.1, 0.15) is 0 Å². The van der Waals surface area contributed by atoms with Crippen molar-refractivity contribution < 1.29 is 9.22 Å². The number of benzene rings is 1. The molecule has 12 heavy (non-hydrogen) atoms. The van der Waals surface area contributed by atoms with Crippen LogP contribution in [0, 0.1) is 0 Å². The van der Waals surface area contributed by atoms with Gasteiger partial charge in [-0.2, -0.15) is 0 Å². The zero-order chi connectivity index (χ0) is 9.56. The second-order valence-corrected chi connectivity index (χ2v) is 6.95. The second kappa shape index (κ2) is 6.84. The molecule has 0 amide bonds. The smallest absolute Gasteiger partial charge is 0.143 e. The lowest BCUT2D eigenvalue weighted by Crippen LogP contribution is -1.68. The highest BCUT2D eigenvalue weighted by molar-refractivity contribution is 9.11. The summed E-state index contributed by atoms with van der Waals surface area (Å²) in [6.45, 7) is 0. The van der Waals surface area contributed by atoms with Crippen LogP contribution in [0.25, 0.3) is 0 Å². The van der Waals surface area contributed by atoms with E-state index in [4.69, 9.17) is 5.11 Å². The van der Waals surface area contributed by atoms with Gasteiger partial charge >= 0.3 is 0 Å². The Morgan fingerprint density at radius 3 is 1.75 bits per heavy atom. The van der Waals surface area contributed by atoms with Crippen LogP contribution in [-0.2, 0) is 4.12 Å². The van der Waals surface area contributed by atoms with E-state index in [-0.39, 0.29) is 5.75 Å². The molecule has 0 radical (unpaired) electrons. The first kappa shape index (κ1) is 12.4. The van der Waals surface area contributed by atoms with Gasteiger partial charge in [-0.1, -0.05) is 6.07 Å². The quantitative estimate of drug-likeness (QED) is 0.702. The Balaban J connectivity index is 0.000000354. The lowest BCUT2D eigenvalue weighted by Gasteiger charge is -1.96. The Labute approximate surface area is 94.7 Å². The third-order valence-corrected chi connectivity index (χ3v) is 2.22. The molecule has 0 heterocycles. The van der Waals surface area contributed by atoms with Crippen LogP contribution in [0.2, 0.25) is 0 Å². The maximum absolute atomic E-state index is 9.11. The van der Waals surface area contributed by atoms with Crippen LogP contribution in [0.3, 0.4) is 0 Å². The van der Waals surface area contributed by atoms with Crippen molar-refractivity contribution in [1.82, 2.24) is 0 Å². The molecule has 6 heteroatoms. The van der Waals surface area contributed by atoms with Crippen molar-refractivity contribution in [1.29, 1.82) is 0 Å². The van der Waals surface area contributed by atoms with E-state index >= 15 is 0 Å². The van der Waals surface area contributed by atoms with Crippen LogP contribution in [0.5, 0.6) is 5.75 Å². The number of hydrogen-bond donors (Lipinski definition) is 1. The highest BCUT2D eigenvalue weighted by Crippen LogP contribution is 2.30. The fourth-order valence-electron chi connectivity index (χ4n) is 0.489. The molecule has 0 saturated carbocycles. The van der Waals surface area contributed by atoms with Crippen molar-refractivity contribution in [3.05, 3.63) is 27.1 Å². The third kappa shape index (κ3) is 4.41. The zero-order valence-corrected chi connectivity index (χ0v) is 14.0. The van der Waals surface area contributed by atoms with E-state index in [0.717, 1.165) is 21.0 Å². The average Bonchev–Trinajstić information content (AvgIpc) is 2.02. The van der Waals surface area contributed by atoms with Gasteiger partial charge in [0.25, 0.3) is 0 Å². The normalized spacial score (nSPS) is 9.17. The van der Waals surface area contributed by atoms with E-state index < -0.39 is 0 Å². The minimum atomic E-state index is 0.248. The van der Waals surface area contributed by atoms with Gasteiger partial charge in [0, 0.05) is 0 Å². The first-order chi connectivity index (χ1) is 5.63. The Morgan fingerprint density at radius 1 is 1.17 bits per heavy atom. The van der Waals surface area contributed by atoms with Crippen molar-refractivity contribution >= 4 is 52.8 Å². The van der Waals surface area contributed by atoms with Gasteiger partial charge in [-0.3, -0.25) is 0 Å². The summed E-state index contributed by atoms with van der Waals surface area (Å²) in [7, 11) is 1.86. The molecule has 0 bridgehead atoms. The number of halogens is 2. The van der Waals surface area contributed by atoms with E-state index in [1.165, 1.54) is 0 Å². The zero-order valence-electron chi connectivity index (χ0n) is 6.84. The summed E-state index contributed by atoms with van der Waals surface area (Å²) in [6, 6.07) is 5.40. The summed E-state index contributed by atoms with van der Waals surface area (Å²) in [5, 5.41) is 9.11. The molecule has 68 valence electrons. The standard InChI is InChI=1S/C6H4Br2O.H6OSi2/c7-4-2-1-3-5(8)6(4)9;2-1-3/h1-3,9H;2-3H3. The lowest BCUT2D eigenvalue weighted by molar-refractivity contribution is 0.468. The van der Waals surface area contributed by atoms with Gasteiger partial charge in [0.15, 0.2) is 0 Å². The molecular formula is C6H10Br2O2Si2. The molecule has 1 aromatic rings. The van der Waals surface area contributed by atoms with Crippen molar-refractivity contribution in [3.63, 3.8) is 0 Å². The first-order valence-electron chi connectivity index (χ1n) is 3.16. The summed E-state index contributed by atoms with van der Waals surface area (Å²) in [4.78, 5) is 0. The Kier molecular flexibility index (Phi) is 7.06. The number of aromatic hydroxyl groups is 1. The molecule has 1 aromatic carbocycles. The highest BCUT2D eigenvalue weighted by Gasteiger charge is 1.98. The largest absolute Gasteiger partial charge is 0.506 e. The molecular weight excluding hydrogens is 320 g/mol. The molecule has 0 aliphatic heterocycles. The van der Waals surface area contributed by atoms with Gasteiger partial charge in [-0.05, 0) is 44.0 Å². The van der Waals surface area contributed by atoms with Gasteiger partial charge in [0.1, 0.15) is 26.7 Å². The van der Waals surface area contributed by atoms with Gasteiger partial charge in [-0.25, -0.2) is 0 Å². The number of phenolic OH excluding ortho intramolecular Hbond substituents is 1. The third-order valence-electron chi connectivity index (χ3n) is 0.938. The number of phenols is 1. The number of para-hydroxylation sites is 1. The molecule has 0 atom stereocenters. The van der Waals surface area contributed by atoms with Crippen LogP contribution >= 0.6 is 31.9 Å². The van der Waals surface area contributed by atoms with Crippen molar-refractivity contribution in [2.24, 2.45) is 0 Å². The highest BCUT2D eigenvalue weighted by atomic mass is 79.9. The Bertz CT molecular complexity index is 225. The molecule has 0 aliphatic carbocycles. The SMILES string of the molecule is Oc1c(Br)cccc1Br.[SiH3]O[SiH3]. The maximum Gasteiger partial charge on any atom is 0.143 e. The average molecular weight is 330 g/mol. The van der Waals surface area contributed by atoms with E-state index in [0.29, 0.717) is 8.95 Å². The van der Waals surface area contributed by atoms with E-state index in [2.05, 4.69) is 36.0 Å². The Morgan fingerprint density at radius 2 is 1.50 bits per heavy atom. The van der Waals surface area contributed by atoms with Gasteiger partial charge < -0.3 is 9.22 Å². The van der Waals surface area contributed by atoms with Crippen molar-refractivity contribution in [2.45, 2.75) is 0 Å². The fourth-order valence-corrected chi connectivity index (χ4v) is 1.49. The predicted molar refractivity (Wildman–Crippen MR) is 64.5 cm³/mol. The number of rotatable bonds is 0. The maximum atomic E-state index is 9.11. The predicted octanol–water partition coefficient (Wildman–Crippen LogP) is 0.481. The summed E-state index contributed by atoms with van der Waals surface area (Å²) in [5.41, 5.74) is 0. The monoisotopic (exact) mass is 328 g/mol. The molecule has 0 unspecified atom stereocenters. The minimum absolute atomic E-state index is 0.248. The van der Waals surface area contributed by atoms with Gasteiger partial charge in [-0.15, -0.1) is 0 Å². The minimum Gasteiger partial charge on any atom is -0.506 e. The summed E-state index contributed by atoms with van der Waals surface area (Å²) < 4.78 is 5.94. The van der Waals surface area contributed by atoms with E-state index in [1.807, 2.05) is 6.07 Å². The van der Waals surface area contributed by atoms with Crippen LogP contribution in [-0.4, -0.2) is 26.1 Å². The first-order valence-corrected chi connectivity index (χ1v) is 6.38. The molecule has 0 spiro atoms. The number of hydrogen-bond acceptors (Lipinski definition) is 2. The fraction of sp³-hybridized carbons (Fsp3) is 0. The molecule has 2 nitrogen and oxygen atoms in total. The summed E-state index contributed by atoms with van der Waals surface area (Å²) >= 11 is 6.33. The molecule has 1 N–H and O–H groups in total. The molecule has 0 saturated heterocycles. The summed E-state index contributed by atoms with van der Waals surface area (Å²) in [5.74, 6) is 0.248. The van der Waals surface area contributed by atoms with Gasteiger partial charge in [0.05, 0.1) is 8.95 Å². The van der Waals surface area contributed by atoms with Gasteiger partial charge in [0.2, 0.25) is 0 Å². The molecule has 0 aromatic heterocycles. The molecule has 0 fully saturated rings. The summed E-state index contributed by atoms with van der Waals surface area (Å²) in [6.07, 6.45) is 0. The topological polar surface area (TPSA) is 29.5 Å². The molecule has 0 aliphatic rings. The van der Waals surface area contributed by atoms with Crippen molar-refractivity contribution in [3.8, 4) is 5.75 Å².